The van der Waals surface area contributed by atoms with Crippen LogP contribution in [0.15, 0.2) is 5.38 Å². The second-order valence-electron chi connectivity index (χ2n) is 5.19. The van der Waals surface area contributed by atoms with Gasteiger partial charge < -0.3 is 4.90 Å². The Morgan fingerprint density at radius 3 is 2.68 bits per heavy atom. The highest BCUT2D eigenvalue weighted by molar-refractivity contribution is 7.09. The Labute approximate surface area is 122 Å². The van der Waals surface area contributed by atoms with Crippen molar-refractivity contribution in [3.63, 3.8) is 0 Å². The van der Waals surface area contributed by atoms with Crippen LogP contribution in [0.5, 0.6) is 0 Å². The minimum Gasteiger partial charge on any atom is -0.340 e. The summed E-state index contributed by atoms with van der Waals surface area (Å²) in [6.07, 6.45) is 3.10. The molecule has 4 nitrogen and oxygen atoms in total. The molecule has 2 heterocycles. The van der Waals surface area contributed by atoms with Crippen LogP contribution in [0.2, 0.25) is 0 Å². The smallest absolute Gasteiger partial charge is 0.229 e. The molecule has 104 valence electrons. The van der Waals surface area contributed by atoms with E-state index < -0.39 is 0 Å². The van der Waals surface area contributed by atoms with Crippen LogP contribution >= 0.6 is 22.9 Å². The molecule has 2 fully saturated rings. The van der Waals surface area contributed by atoms with Crippen molar-refractivity contribution in [2.75, 3.05) is 26.2 Å². The highest BCUT2D eigenvalue weighted by atomic mass is 35.5. The number of amides is 1. The molecule has 0 atom stereocenters. The van der Waals surface area contributed by atoms with Crippen molar-refractivity contribution in [3.8, 4) is 0 Å². The van der Waals surface area contributed by atoms with E-state index in [0.29, 0.717) is 12.3 Å². The van der Waals surface area contributed by atoms with Gasteiger partial charge in [-0.15, -0.1) is 22.9 Å². The van der Waals surface area contributed by atoms with Gasteiger partial charge >= 0.3 is 0 Å². The molecule has 1 aromatic heterocycles. The summed E-state index contributed by atoms with van der Waals surface area (Å²) in [5, 5.41) is 2.81. The van der Waals surface area contributed by atoms with Gasteiger partial charge in [-0.1, -0.05) is 0 Å². The summed E-state index contributed by atoms with van der Waals surface area (Å²) in [4.78, 5) is 21.0. The Bertz CT molecular complexity index is 452. The number of thiazole rings is 1. The van der Waals surface area contributed by atoms with E-state index in [1.165, 1.54) is 24.2 Å². The van der Waals surface area contributed by atoms with Gasteiger partial charge in [0.25, 0.3) is 0 Å². The Kier molecular flexibility index (Phi) is 4.05. The van der Waals surface area contributed by atoms with Gasteiger partial charge in [-0.25, -0.2) is 4.98 Å². The first-order valence-corrected chi connectivity index (χ1v) is 8.19. The molecule has 0 bridgehead atoms. The molecule has 1 saturated carbocycles. The molecule has 0 radical (unpaired) electrons. The average Bonchev–Trinajstić information content (AvgIpc) is 3.19. The van der Waals surface area contributed by atoms with E-state index in [4.69, 9.17) is 11.6 Å². The maximum atomic E-state index is 12.2. The van der Waals surface area contributed by atoms with Gasteiger partial charge in [0.15, 0.2) is 0 Å². The fourth-order valence-electron chi connectivity index (χ4n) is 2.51. The Balaban J connectivity index is 1.50. The number of hydrogen-bond acceptors (Lipinski definition) is 4. The number of carbonyl (C=O) groups excluding carboxylic acids is 1. The Hall–Kier alpha value is -0.650. The monoisotopic (exact) mass is 299 g/mol. The van der Waals surface area contributed by atoms with Crippen molar-refractivity contribution < 1.29 is 4.79 Å². The van der Waals surface area contributed by atoms with Gasteiger partial charge in [-0.3, -0.25) is 9.69 Å². The van der Waals surface area contributed by atoms with E-state index in [2.05, 4.69) is 9.88 Å². The molecule has 0 spiro atoms. The molecular weight excluding hydrogens is 282 g/mol. The molecule has 2 aliphatic rings. The summed E-state index contributed by atoms with van der Waals surface area (Å²) < 4.78 is 0. The van der Waals surface area contributed by atoms with Gasteiger partial charge in [0.2, 0.25) is 5.91 Å². The zero-order valence-corrected chi connectivity index (χ0v) is 12.4. The van der Waals surface area contributed by atoms with Crippen molar-refractivity contribution in [3.05, 3.63) is 16.1 Å². The molecule has 19 heavy (non-hydrogen) atoms. The maximum Gasteiger partial charge on any atom is 0.229 e. The summed E-state index contributed by atoms with van der Waals surface area (Å²) >= 11 is 7.25. The van der Waals surface area contributed by atoms with Gasteiger partial charge in [-0.05, 0) is 12.8 Å². The van der Waals surface area contributed by atoms with E-state index in [0.717, 1.165) is 42.9 Å². The molecule has 1 aliphatic carbocycles. The highest BCUT2D eigenvalue weighted by Gasteiger charge is 2.32. The van der Waals surface area contributed by atoms with E-state index in [1.54, 1.807) is 0 Å². The van der Waals surface area contributed by atoms with Crippen LogP contribution in [-0.2, 0) is 17.1 Å². The number of carbonyl (C=O) groups is 1. The number of rotatable bonds is 4. The maximum absolute atomic E-state index is 12.2. The summed E-state index contributed by atoms with van der Waals surface area (Å²) in [7, 11) is 0. The summed E-state index contributed by atoms with van der Waals surface area (Å²) in [5.41, 5.74) is 0.869. The molecule has 3 rings (SSSR count). The molecular formula is C13H18ClN3OS. The zero-order chi connectivity index (χ0) is 13.2. The lowest BCUT2D eigenvalue weighted by Crippen LogP contribution is -2.49. The van der Waals surface area contributed by atoms with Crippen LogP contribution in [0, 0.1) is 0 Å². The number of piperazine rings is 1. The van der Waals surface area contributed by atoms with Crippen molar-refractivity contribution in [2.45, 2.75) is 31.2 Å². The van der Waals surface area contributed by atoms with Gasteiger partial charge in [-0.2, -0.15) is 0 Å². The molecule has 0 aromatic carbocycles. The van der Waals surface area contributed by atoms with Crippen molar-refractivity contribution >= 4 is 28.8 Å². The van der Waals surface area contributed by atoms with Gasteiger partial charge in [0.05, 0.1) is 18.0 Å². The largest absolute Gasteiger partial charge is 0.340 e. The third-order valence-electron chi connectivity index (χ3n) is 3.77. The third kappa shape index (κ3) is 3.27. The van der Waals surface area contributed by atoms with Crippen molar-refractivity contribution in [1.82, 2.24) is 14.8 Å². The summed E-state index contributed by atoms with van der Waals surface area (Å²) in [6, 6.07) is 0.808. The van der Waals surface area contributed by atoms with E-state index >= 15 is 0 Å². The van der Waals surface area contributed by atoms with Crippen molar-refractivity contribution in [2.24, 2.45) is 0 Å². The molecule has 1 aliphatic heterocycles. The van der Waals surface area contributed by atoms with Crippen molar-refractivity contribution in [1.29, 1.82) is 0 Å². The average molecular weight is 300 g/mol. The first-order chi connectivity index (χ1) is 9.26. The van der Waals surface area contributed by atoms with E-state index in [1.807, 2.05) is 10.3 Å². The summed E-state index contributed by atoms with van der Waals surface area (Å²) in [5.74, 6) is 0.621. The first-order valence-electron chi connectivity index (χ1n) is 6.77. The lowest BCUT2D eigenvalue weighted by molar-refractivity contribution is -0.132. The SMILES string of the molecule is O=C(Cc1nc(CCl)cs1)N1CCN(C2CC2)CC1. The second kappa shape index (κ2) is 5.77. The Morgan fingerprint density at radius 2 is 2.11 bits per heavy atom. The molecule has 0 unspecified atom stereocenters. The number of nitrogens with zero attached hydrogens (tertiary/aromatic N) is 3. The van der Waals surface area contributed by atoms with Crippen LogP contribution in [0.1, 0.15) is 23.5 Å². The van der Waals surface area contributed by atoms with Gasteiger partial charge in [0, 0.05) is 37.6 Å². The number of aromatic nitrogens is 1. The number of hydrogen-bond donors (Lipinski definition) is 0. The topological polar surface area (TPSA) is 36.4 Å². The van der Waals surface area contributed by atoms with Crippen LogP contribution in [-0.4, -0.2) is 52.9 Å². The van der Waals surface area contributed by atoms with Gasteiger partial charge in [0.1, 0.15) is 5.01 Å². The molecule has 1 aromatic rings. The quantitative estimate of drug-likeness (QED) is 0.795. The van der Waals surface area contributed by atoms with Crippen LogP contribution in [0.25, 0.3) is 0 Å². The lowest BCUT2D eigenvalue weighted by Gasteiger charge is -2.34. The molecule has 0 N–H and O–H groups in total. The zero-order valence-electron chi connectivity index (χ0n) is 10.8. The normalized spacial score (nSPS) is 20.8. The molecule has 1 saturated heterocycles. The second-order valence-corrected chi connectivity index (χ2v) is 6.40. The minimum atomic E-state index is 0.200. The van der Waals surface area contributed by atoms with E-state index in [9.17, 15) is 4.79 Å². The fraction of sp³-hybridized carbons (Fsp3) is 0.692. The van der Waals surface area contributed by atoms with Crippen LogP contribution < -0.4 is 0 Å². The predicted molar refractivity (Wildman–Crippen MR) is 76.6 cm³/mol. The van der Waals surface area contributed by atoms with E-state index in [-0.39, 0.29) is 5.91 Å². The third-order valence-corrected chi connectivity index (χ3v) is 4.94. The summed E-state index contributed by atoms with van der Waals surface area (Å²) in [6.45, 7) is 3.79. The lowest BCUT2D eigenvalue weighted by atomic mass is 10.2. The Morgan fingerprint density at radius 1 is 1.37 bits per heavy atom. The predicted octanol–water partition coefficient (Wildman–Crippen LogP) is 1.73. The number of alkyl halides is 1. The molecule has 6 heteroatoms. The molecule has 1 amide bonds. The standard InChI is InChI=1S/C13H18ClN3OS/c14-8-10-9-19-12(15-10)7-13(18)17-5-3-16(4-6-17)11-1-2-11/h9,11H,1-8H2. The van der Waals surface area contributed by atoms with Crippen LogP contribution in [0.3, 0.4) is 0 Å². The first kappa shape index (κ1) is 13.3. The minimum absolute atomic E-state index is 0.200. The highest BCUT2D eigenvalue weighted by Crippen LogP contribution is 2.27. The fourth-order valence-corrected chi connectivity index (χ4v) is 3.52. The van der Waals surface area contributed by atoms with Crippen LogP contribution in [0.4, 0.5) is 0 Å². The number of halogens is 1.